The first-order valence-electron chi connectivity index (χ1n) is 9.83. The van der Waals surface area contributed by atoms with E-state index in [1.807, 2.05) is 25.1 Å². The van der Waals surface area contributed by atoms with E-state index in [9.17, 15) is 14.7 Å². The number of aliphatic hydroxyl groups excluding tert-OH is 1. The summed E-state index contributed by atoms with van der Waals surface area (Å²) < 4.78 is 0. The molecule has 1 amide bonds. The normalized spacial score (nSPS) is 31.0. The minimum absolute atomic E-state index is 0.148. The second kappa shape index (κ2) is 6.82. The first kappa shape index (κ1) is 17.7. The fraction of sp³-hybridized carbons (Fsp3) is 0.700. The molecule has 6 nitrogen and oxygen atoms in total. The standard InChI is InChI=1S/C20H29N3O3/c1-22(2)17-8-13-10-23(11-14(13)9-18(17)24)20(26)15-7-12-5-3-4-6-16(12)21-19(15)25/h7,13-14,17-18,24H,3-6,8-11H2,1-2H3,(H,21,25)/t13-,14+,17-,18-/m1/s1. The van der Waals surface area contributed by atoms with Crippen LogP contribution in [0.3, 0.4) is 0 Å². The molecule has 1 saturated carbocycles. The summed E-state index contributed by atoms with van der Waals surface area (Å²) >= 11 is 0. The van der Waals surface area contributed by atoms with E-state index in [1.165, 1.54) is 0 Å². The molecule has 4 atom stereocenters. The predicted octanol–water partition coefficient (Wildman–Crippen LogP) is 1.03. The van der Waals surface area contributed by atoms with E-state index in [-0.39, 0.29) is 29.2 Å². The molecule has 1 aromatic heterocycles. The zero-order chi connectivity index (χ0) is 18.4. The lowest BCUT2D eigenvalue weighted by Gasteiger charge is -2.38. The van der Waals surface area contributed by atoms with Gasteiger partial charge in [0, 0.05) is 24.8 Å². The topological polar surface area (TPSA) is 76.6 Å². The number of aryl methyl sites for hydroxylation is 2. The quantitative estimate of drug-likeness (QED) is 0.827. The molecular weight excluding hydrogens is 330 g/mol. The lowest BCUT2D eigenvalue weighted by atomic mass is 9.77. The molecule has 2 N–H and O–H groups in total. The van der Waals surface area contributed by atoms with Crippen LogP contribution < -0.4 is 5.56 Å². The number of rotatable bonds is 2. The molecule has 1 saturated heterocycles. The molecule has 0 radical (unpaired) electrons. The average Bonchev–Trinajstić information content (AvgIpc) is 3.02. The summed E-state index contributed by atoms with van der Waals surface area (Å²) in [5.74, 6) is 0.596. The van der Waals surface area contributed by atoms with Crippen molar-refractivity contribution in [2.75, 3.05) is 27.2 Å². The van der Waals surface area contributed by atoms with Crippen LogP contribution in [0.4, 0.5) is 0 Å². The predicted molar refractivity (Wildman–Crippen MR) is 99.3 cm³/mol. The molecule has 4 rings (SSSR count). The molecule has 0 aromatic carbocycles. The molecule has 2 aliphatic carbocycles. The molecule has 1 aromatic rings. The van der Waals surface area contributed by atoms with Crippen molar-refractivity contribution in [2.45, 2.75) is 50.7 Å². The third-order valence-electron chi connectivity index (χ3n) is 6.63. The van der Waals surface area contributed by atoms with Gasteiger partial charge in [-0.05, 0) is 76.1 Å². The van der Waals surface area contributed by atoms with Crippen molar-refractivity contribution in [3.63, 3.8) is 0 Å². The lowest BCUT2D eigenvalue weighted by molar-refractivity contribution is 0.00940. The van der Waals surface area contributed by atoms with Crippen LogP contribution in [0.5, 0.6) is 0 Å². The van der Waals surface area contributed by atoms with Crippen molar-refractivity contribution in [3.05, 3.63) is 33.2 Å². The van der Waals surface area contributed by atoms with Crippen molar-refractivity contribution in [3.8, 4) is 0 Å². The molecule has 142 valence electrons. The van der Waals surface area contributed by atoms with Gasteiger partial charge in [-0.15, -0.1) is 0 Å². The smallest absolute Gasteiger partial charge is 0.261 e. The number of pyridine rings is 1. The van der Waals surface area contributed by atoms with Crippen LogP contribution in [-0.4, -0.2) is 65.1 Å². The molecule has 3 aliphatic rings. The van der Waals surface area contributed by atoms with Crippen molar-refractivity contribution >= 4 is 5.91 Å². The number of aliphatic hydroxyl groups is 1. The maximum atomic E-state index is 13.0. The van der Waals surface area contributed by atoms with Gasteiger partial charge in [0.05, 0.1) is 6.10 Å². The first-order valence-corrected chi connectivity index (χ1v) is 9.83. The second-order valence-electron chi connectivity index (χ2n) is 8.52. The number of H-pyrrole nitrogens is 1. The van der Waals surface area contributed by atoms with Crippen LogP contribution in [0, 0.1) is 11.8 Å². The van der Waals surface area contributed by atoms with Gasteiger partial charge in [0.15, 0.2) is 0 Å². The Bertz CT molecular complexity index is 757. The number of hydrogen-bond acceptors (Lipinski definition) is 4. The third kappa shape index (κ3) is 3.09. The van der Waals surface area contributed by atoms with E-state index in [2.05, 4.69) is 9.88 Å². The number of nitrogens with one attached hydrogen (secondary N) is 1. The summed E-state index contributed by atoms with van der Waals surface area (Å²) in [4.78, 5) is 32.3. The fourth-order valence-electron chi connectivity index (χ4n) is 5.13. The van der Waals surface area contributed by atoms with E-state index >= 15 is 0 Å². The Morgan fingerprint density at radius 2 is 1.88 bits per heavy atom. The average molecular weight is 359 g/mol. The Kier molecular flexibility index (Phi) is 4.65. The Labute approximate surface area is 154 Å². The second-order valence-corrected chi connectivity index (χ2v) is 8.52. The number of fused-ring (bicyclic) bond motifs is 2. The molecule has 2 heterocycles. The van der Waals surface area contributed by atoms with Crippen LogP contribution in [-0.2, 0) is 12.8 Å². The van der Waals surface area contributed by atoms with Gasteiger partial charge >= 0.3 is 0 Å². The number of nitrogens with zero attached hydrogens (tertiary/aromatic N) is 2. The highest BCUT2D eigenvalue weighted by molar-refractivity contribution is 5.94. The van der Waals surface area contributed by atoms with Gasteiger partial charge in [-0.1, -0.05) is 0 Å². The maximum absolute atomic E-state index is 13.0. The Hall–Kier alpha value is -1.66. The number of carbonyl (C=O) groups is 1. The van der Waals surface area contributed by atoms with Crippen LogP contribution in [0.15, 0.2) is 10.9 Å². The Morgan fingerprint density at radius 3 is 2.62 bits per heavy atom. The van der Waals surface area contributed by atoms with Gasteiger partial charge < -0.3 is 19.9 Å². The highest BCUT2D eigenvalue weighted by Gasteiger charge is 2.44. The highest BCUT2D eigenvalue weighted by Crippen LogP contribution is 2.38. The zero-order valence-electron chi connectivity index (χ0n) is 15.7. The minimum Gasteiger partial charge on any atom is -0.391 e. The maximum Gasteiger partial charge on any atom is 0.261 e. The van der Waals surface area contributed by atoms with Crippen LogP contribution >= 0.6 is 0 Å². The van der Waals surface area contributed by atoms with E-state index in [0.717, 1.165) is 49.8 Å². The molecule has 1 aliphatic heterocycles. The summed E-state index contributed by atoms with van der Waals surface area (Å²) in [5.41, 5.74) is 2.16. The highest BCUT2D eigenvalue weighted by atomic mass is 16.3. The van der Waals surface area contributed by atoms with Gasteiger partial charge in [0.2, 0.25) is 0 Å². The molecule has 2 fully saturated rings. The number of amides is 1. The van der Waals surface area contributed by atoms with Gasteiger partial charge in [0.1, 0.15) is 5.56 Å². The number of carbonyl (C=O) groups excluding carboxylic acids is 1. The monoisotopic (exact) mass is 359 g/mol. The summed E-state index contributed by atoms with van der Waals surface area (Å²) in [7, 11) is 4.00. The lowest BCUT2D eigenvalue weighted by Crippen LogP contribution is -2.46. The third-order valence-corrected chi connectivity index (χ3v) is 6.63. The number of aromatic nitrogens is 1. The molecule has 0 bridgehead atoms. The largest absolute Gasteiger partial charge is 0.391 e. The number of likely N-dealkylation sites (N-methyl/N-ethyl adjacent to an activating group) is 1. The van der Waals surface area contributed by atoms with E-state index in [4.69, 9.17) is 0 Å². The van der Waals surface area contributed by atoms with E-state index in [0.29, 0.717) is 24.9 Å². The van der Waals surface area contributed by atoms with Gasteiger partial charge in [-0.25, -0.2) is 0 Å². The van der Waals surface area contributed by atoms with Crippen LogP contribution in [0.2, 0.25) is 0 Å². The van der Waals surface area contributed by atoms with Crippen molar-refractivity contribution in [1.82, 2.24) is 14.8 Å². The number of aromatic amines is 1. The van der Waals surface area contributed by atoms with Gasteiger partial charge in [-0.3, -0.25) is 9.59 Å². The Balaban J connectivity index is 1.53. The van der Waals surface area contributed by atoms with Crippen molar-refractivity contribution in [2.24, 2.45) is 11.8 Å². The molecule has 0 spiro atoms. The number of likely N-dealkylation sites (tertiary alicyclic amines) is 1. The molecule has 0 unspecified atom stereocenters. The SMILES string of the molecule is CN(C)[C@@H]1C[C@@H]2CN(C(=O)c3cc4c([nH]c3=O)CCCC4)C[C@@H]2C[C@H]1O. The molecule has 26 heavy (non-hydrogen) atoms. The summed E-state index contributed by atoms with van der Waals surface area (Å²) in [6.45, 7) is 1.34. The van der Waals surface area contributed by atoms with Gasteiger partial charge in [-0.2, -0.15) is 0 Å². The van der Waals surface area contributed by atoms with Gasteiger partial charge in [0.25, 0.3) is 11.5 Å². The van der Waals surface area contributed by atoms with Crippen molar-refractivity contribution < 1.29 is 9.90 Å². The molecule has 6 heteroatoms. The number of hydrogen-bond donors (Lipinski definition) is 2. The zero-order valence-corrected chi connectivity index (χ0v) is 15.7. The van der Waals surface area contributed by atoms with Crippen LogP contribution in [0.1, 0.15) is 47.3 Å². The summed E-state index contributed by atoms with van der Waals surface area (Å²) in [6, 6.07) is 1.98. The molecular formula is C20H29N3O3. The van der Waals surface area contributed by atoms with Crippen LogP contribution in [0.25, 0.3) is 0 Å². The minimum atomic E-state index is -0.339. The summed E-state index contributed by atoms with van der Waals surface area (Å²) in [6.07, 6.45) is 5.35. The van der Waals surface area contributed by atoms with Crippen molar-refractivity contribution in [1.29, 1.82) is 0 Å². The van der Waals surface area contributed by atoms with E-state index < -0.39 is 0 Å². The van der Waals surface area contributed by atoms with E-state index in [1.54, 1.807) is 0 Å². The Morgan fingerprint density at radius 1 is 1.19 bits per heavy atom. The summed E-state index contributed by atoms with van der Waals surface area (Å²) in [5, 5.41) is 10.4. The fourth-order valence-corrected chi connectivity index (χ4v) is 5.13. The first-order chi connectivity index (χ1) is 12.4.